The number of amides is 1. The summed E-state index contributed by atoms with van der Waals surface area (Å²) in [7, 11) is 0. The zero-order valence-electron chi connectivity index (χ0n) is 9.51. The predicted molar refractivity (Wildman–Crippen MR) is 61.5 cm³/mol. The maximum atomic E-state index is 11.5. The van der Waals surface area contributed by atoms with Crippen LogP contribution < -0.4 is 5.32 Å². The van der Waals surface area contributed by atoms with Gasteiger partial charge in [-0.3, -0.25) is 4.79 Å². The van der Waals surface area contributed by atoms with Crippen molar-refractivity contribution in [2.24, 2.45) is 0 Å². The number of hydrogen-bond donors (Lipinski definition) is 3. The third kappa shape index (κ3) is 4.24. The summed E-state index contributed by atoms with van der Waals surface area (Å²) in [5.41, 5.74) is 1.84. The van der Waals surface area contributed by atoms with Crippen LogP contribution >= 0.6 is 0 Å². The molecule has 3 N–H and O–H groups in total. The lowest BCUT2D eigenvalue weighted by Gasteiger charge is -2.11. The molecular weight excluding hydrogens is 222 g/mol. The number of aliphatic hydroxyl groups is 1. The highest BCUT2D eigenvalue weighted by Gasteiger charge is 2.18. The van der Waals surface area contributed by atoms with Gasteiger partial charge in [0, 0.05) is 0 Å². The molecule has 1 rings (SSSR count). The van der Waals surface area contributed by atoms with Crippen molar-refractivity contribution in [3.05, 3.63) is 35.4 Å². The van der Waals surface area contributed by atoms with Gasteiger partial charge in [0.25, 0.3) is 0 Å². The van der Waals surface area contributed by atoms with Gasteiger partial charge in [0.1, 0.15) is 6.04 Å². The monoisotopic (exact) mass is 237 g/mol. The first-order valence-corrected chi connectivity index (χ1v) is 5.21. The summed E-state index contributed by atoms with van der Waals surface area (Å²) in [5, 5.41) is 19.7. The number of aliphatic hydroxyl groups excluding tert-OH is 1. The van der Waals surface area contributed by atoms with Gasteiger partial charge in [0.15, 0.2) is 0 Å². The van der Waals surface area contributed by atoms with E-state index in [0.29, 0.717) is 0 Å². The quantitative estimate of drug-likeness (QED) is 0.678. The Balaban J connectivity index is 2.58. The summed E-state index contributed by atoms with van der Waals surface area (Å²) in [6.45, 7) is 1.30. The smallest absolute Gasteiger partial charge is 0.328 e. The van der Waals surface area contributed by atoms with E-state index in [1.165, 1.54) is 0 Å². The van der Waals surface area contributed by atoms with Crippen molar-refractivity contribution in [3.63, 3.8) is 0 Å². The van der Waals surface area contributed by atoms with Crippen LogP contribution in [0.3, 0.4) is 0 Å². The Morgan fingerprint density at radius 1 is 1.41 bits per heavy atom. The molecule has 0 radical (unpaired) electrons. The first-order chi connectivity index (χ1) is 8.02. The van der Waals surface area contributed by atoms with Crippen LogP contribution in [0.4, 0.5) is 0 Å². The van der Waals surface area contributed by atoms with Crippen molar-refractivity contribution in [2.75, 3.05) is 6.61 Å². The van der Waals surface area contributed by atoms with Crippen molar-refractivity contribution in [2.45, 2.75) is 19.4 Å². The number of carboxylic acids is 1. The summed E-state index contributed by atoms with van der Waals surface area (Å²) < 4.78 is 0. The molecular formula is C12H15NO4. The second-order valence-corrected chi connectivity index (χ2v) is 3.81. The van der Waals surface area contributed by atoms with Gasteiger partial charge >= 0.3 is 5.97 Å². The van der Waals surface area contributed by atoms with Crippen LogP contribution in [0.2, 0.25) is 0 Å². The van der Waals surface area contributed by atoms with Crippen molar-refractivity contribution >= 4 is 11.9 Å². The summed E-state index contributed by atoms with van der Waals surface area (Å²) >= 11 is 0. The van der Waals surface area contributed by atoms with E-state index in [1.807, 2.05) is 25.1 Å². The van der Waals surface area contributed by atoms with Crippen molar-refractivity contribution in [1.82, 2.24) is 5.32 Å². The highest BCUT2D eigenvalue weighted by molar-refractivity contribution is 5.84. The van der Waals surface area contributed by atoms with Crippen molar-refractivity contribution in [3.8, 4) is 0 Å². The highest BCUT2D eigenvalue weighted by Crippen LogP contribution is 2.04. The molecule has 5 heteroatoms. The normalized spacial score (nSPS) is 11.9. The predicted octanol–water partition coefficient (Wildman–Crippen LogP) is 0.0992. The Hall–Kier alpha value is -1.88. The number of aryl methyl sites for hydroxylation is 1. The van der Waals surface area contributed by atoms with E-state index < -0.39 is 24.5 Å². The van der Waals surface area contributed by atoms with E-state index in [-0.39, 0.29) is 6.42 Å². The number of benzene rings is 1. The molecule has 0 bridgehead atoms. The fourth-order valence-electron chi connectivity index (χ4n) is 1.44. The van der Waals surface area contributed by atoms with Gasteiger partial charge in [-0.15, -0.1) is 0 Å². The van der Waals surface area contributed by atoms with Crippen molar-refractivity contribution in [1.29, 1.82) is 0 Å². The lowest BCUT2D eigenvalue weighted by atomic mass is 10.1. The minimum Gasteiger partial charge on any atom is -0.480 e. The largest absolute Gasteiger partial charge is 0.480 e. The van der Waals surface area contributed by atoms with E-state index in [0.717, 1.165) is 11.1 Å². The Morgan fingerprint density at radius 2 is 2.12 bits per heavy atom. The topological polar surface area (TPSA) is 86.6 Å². The maximum Gasteiger partial charge on any atom is 0.328 e. The molecule has 0 fully saturated rings. The van der Waals surface area contributed by atoms with Gasteiger partial charge in [0.05, 0.1) is 13.0 Å². The van der Waals surface area contributed by atoms with Crippen LogP contribution in [0, 0.1) is 6.92 Å². The number of nitrogens with one attached hydrogen (secondary N) is 1. The third-order valence-electron chi connectivity index (χ3n) is 2.26. The standard InChI is InChI=1S/C12H15NO4/c1-8-3-2-4-9(5-8)6-11(15)13-10(7-14)12(16)17/h2-5,10,14H,6-7H2,1H3,(H,13,15)(H,16,17)/t10-/m1/s1. The lowest BCUT2D eigenvalue weighted by molar-refractivity contribution is -0.142. The van der Waals surface area contributed by atoms with E-state index in [9.17, 15) is 9.59 Å². The van der Waals surface area contributed by atoms with Gasteiger partial charge in [-0.25, -0.2) is 4.79 Å². The molecule has 0 saturated carbocycles. The van der Waals surface area contributed by atoms with Crippen LogP contribution in [0.15, 0.2) is 24.3 Å². The van der Waals surface area contributed by atoms with Gasteiger partial charge < -0.3 is 15.5 Å². The lowest BCUT2D eigenvalue weighted by Crippen LogP contribution is -2.43. The second kappa shape index (κ2) is 6.00. The Kier molecular flexibility index (Phi) is 4.66. The van der Waals surface area contributed by atoms with E-state index >= 15 is 0 Å². The molecule has 0 saturated heterocycles. The SMILES string of the molecule is Cc1cccc(CC(=O)N[C@H](CO)C(=O)O)c1. The number of hydrogen-bond acceptors (Lipinski definition) is 3. The number of carboxylic acid groups (broad SMARTS) is 1. The van der Waals surface area contributed by atoms with E-state index in [4.69, 9.17) is 10.2 Å². The molecule has 1 aromatic rings. The van der Waals surface area contributed by atoms with Gasteiger partial charge in [0.2, 0.25) is 5.91 Å². The number of aliphatic carboxylic acids is 1. The molecule has 0 unspecified atom stereocenters. The Morgan fingerprint density at radius 3 is 2.65 bits per heavy atom. The summed E-state index contributed by atoms with van der Waals surface area (Å²) in [5.74, 6) is -1.66. The zero-order chi connectivity index (χ0) is 12.8. The average Bonchev–Trinajstić information content (AvgIpc) is 2.25. The number of carbonyl (C=O) groups is 2. The van der Waals surface area contributed by atoms with Crippen molar-refractivity contribution < 1.29 is 19.8 Å². The fourth-order valence-corrected chi connectivity index (χ4v) is 1.44. The van der Waals surface area contributed by atoms with Crippen LogP contribution in [-0.4, -0.2) is 34.7 Å². The van der Waals surface area contributed by atoms with E-state index in [2.05, 4.69) is 5.32 Å². The molecule has 17 heavy (non-hydrogen) atoms. The van der Waals surface area contributed by atoms with Gasteiger partial charge in [-0.05, 0) is 12.5 Å². The van der Waals surface area contributed by atoms with Crippen LogP contribution in [0.5, 0.6) is 0 Å². The molecule has 0 aliphatic heterocycles. The Labute approximate surface area is 99.1 Å². The average molecular weight is 237 g/mol. The molecule has 1 atom stereocenters. The fraction of sp³-hybridized carbons (Fsp3) is 0.333. The highest BCUT2D eigenvalue weighted by atomic mass is 16.4. The van der Waals surface area contributed by atoms with Crippen LogP contribution in [0.1, 0.15) is 11.1 Å². The minimum atomic E-state index is -1.25. The molecule has 0 aliphatic rings. The first kappa shape index (κ1) is 13.2. The summed E-state index contributed by atoms with van der Waals surface area (Å²) in [6.07, 6.45) is 0.103. The third-order valence-corrected chi connectivity index (χ3v) is 2.26. The summed E-state index contributed by atoms with van der Waals surface area (Å²) in [6, 6.07) is 6.15. The second-order valence-electron chi connectivity index (χ2n) is 3.81. The molecule has 0 aliphatic carbocycles. The van der Waals surface area contributed by atoms with Crippen LogP contribution in [0.25, 0.3) is 0 Å². The molecule has 5 nitrogen and oxygen atoms in total. The molecule has 1 amide bonds. The molecule has 0 heterocycles. The molecule has 1 aromatic carbocycles. The van der Waals surface area contributed by atoms with Gasteiger partial charge in [-0.1, -0.05) is 29.8 Å². The summed E-state index contributed by atoms with van der Waals surface area (Å²) in [4.78, 5) is 22.1. The molecule has 92 valence electrons. The molecule has 0 aromatic heterocycles. The van der Waals surface area contributed by atoms with E-state index in [1.54, 1.807) is 6.07 Å². The molecule has 0 spiro atoms. The zero-order valence-corrected chi connectivity index (χ0v) is 9.51. The Bertz CT molecular complexity index is 417. The first-order valence-electron chi connectivity index (χ1n) is 5.21. The number of rotatable bonds is 5. The van der Waals surface area contributed by atoms with Crippen LogP contribution in [-0.2, 0) is 16.0 Å². The van der Waals surface area contributed by atoms with Gasteiger partial charge in [-0.2, -0.15) is 0 Å². The minimum absolute atomic E-state index is 0.103. The number of carbonyl (C=O) groups excluding carboxylic acids is 1. The maximum absolute atomic E-state index is 11.5.